The molecule has 0 aliphatic rings. The minimum atomic E-state index is -3.35. The molecule has 0 aliphatic heterocycles. The van der Waals surface area contributed by atoms with Crippen molar-refractivity contribution in [3.05, 3.63) is 0 Å². The lowest BCUT2D eigenvalue weighted by atomic mass is 10.0. The number of hydrogen-bond donors (Lipinski definition) is 2. The molecule has 0 aromatic rings. The summed E-state index contributed by atoms with van der Waals surface area (Å²) in [5, 5.41) is 8.13. The van der Waals surface area contributed by atoms with Gasteiger partial charge in [-0.15, -0.1) is 0 Å². The fraction of sp³-hybridized carbons (Fsp3) is 1.00. The van der Waals surface area contributed by atoms with E-state index < -0.39 is 10.0 Å². The van der Waals surface area contributed by atoms with Crippen molar-refractivity contribution in [1.82, 2.24) is 10.2 Å². The second-order valence-electron chi connectivity index (χ2n) is 4.43. The van der Waals surface area contributed by atoms with E-state index in [4.69, 9.17) is 5.14 Å². The molecule has 0 saturated heterocycles. The van der Waals surface area contributed by atoms with Crippen LogP contribution >= 0.6 is 0 Å². The van der Waals surface area contributed by atoms with Crippen LogP contribution in [-0.2, 0) is 10.0 Å². The number of nitrogens with zero attached hydrogens (tertiary/aromatic N) is 1. The number of sulfonamides is 1. The Labute approximate surface area is 93.1 Å². The first-order chi connectivity index (χ1) is 6.72. The molecule has 0 saturated carbocycles. The second kappa shape index (κ2) is 6.42. The first kappa shape index (κ1) is 14.8. The van der Waals surface area contributed by atoms with E-state index in [-0.39, 0.29) is 5.75 Å². The maximum atomic E-state index is 10.7. The van der Waals surface area contributed by atoms with Crippen molar-refractivity contribution < 1.29 is 8.42 Å². The quantitative estimate of drug-likeness (QED) is 0.623. The van der Waals surface area contributed by atoms with Gasteiger partial charge in [0.2, 0.25) is 10.0 Å². The smallest absolute Gasteiger partial charge is 0.210 e. The third-order valence-corrected chi connectivity index (χ3v) is 2.93. The summed E-state index contributed by atoms with van der Waals surface area (Å²) in [7, 11) is 0.643. The van der Waals surface area contributed by atoms with Gasteiger partial charge in [-0.25, -0.2) is 13.6 Å². The predicted octanol–water partition coefficient (Wildman–Crippen LogP) is -0.549. The van der Waals surface area contributed by atoms with Gasteiger partial charge in [0.15, 0.2) is 0 Å². The summed E-state index contributed by atoms with van der Waals surface area (Å²) in [6.07, 6.45) is 0. The summed E-state index contributed by atoms with van der Waals surface area (Å²) in [5.41, 5.74) is 0. The molecule has 1 atom stereocenters. The van der Waals surface area contributed by atoms with Crippen LogP contribution in [0.4, 0.5) is 0 Å². The van der Waals surface area contributed by atoms with Crippen LogP contribution in [0.5, 0.6) is 0 Å². The van der Waals surface area contributed by atoms with Crippen molar-refractivity contribution in [2.24, 2.45) is 11.1 Å². The molecular weight excluding hydrogens is 214 g/mol. The normalized spacial score (nSPS) is 14.9. The summed E-state index contributed by atoms with van der Waals surface area (Å²) in [4.78, 5) is 2.08. The first-order valence-electron chi connectivity index (χ1n) is 5.11. The summed E-state index contributed by atoms with van der Waals surface area (Å²) in [6, 6.07) is 0.293. The van der Waals surface area contributed by atoms with Crippen LogP contribution in [0.25, 0.3) is 0 Å². The topological polar surface area (TPSA) is 75.4 Å². The number of rotatable bonds is 7. The van der Waals surface area contributed by atoms with Gasteiger partial charge in [0.1, 0.15) is 0 Å². The third-order valence-electron chi connectivity index (χ3n) is 2.16. The average molecular weight is 237 g/mol. The fourth-order valence-corrected chi connectivity index (χ4v) is 1.69. The van der Waals surface area contributed by atoms with Gasteiger partial charge in [-0.2, -0.15) is 0 Å². The Balaban J connectivity index is 3.97. The van der Waals surface area contributed by atoms with Gasteiger partial charge in [0.25, 0.3) is 0 Å². The maximum Gasteiger partial charge on any atom is 0.210 e. The van der Waals surface area contributed by atoms with Crippen LogP contribution in [-0.4, -0.2) is 52.3 Å². The largest absolute Gasteiger partial charge is 0.311 e. The summed E-state index contributed by atoms with van der Waals surface area (Å²) in [6.45, 7) is 5.52. The van der Waals surface area contributed by atoms with Crippen LogP contribution in [0.2, 0.25) is 0 Å². The molecule has 5 nitrogen and oxygen atoms in total. The number of primary sulfonamides is 1. The monoisotopic (exact) mass is 237 g/mol. The van der Waals surface area contributed by atoms with Crippen LogP contribution in [0.15, 0.2) is 0 Å². The van der Waals surface area contributed by atoms with E-state index in [1.54, 1.807) is 0 Å². The van der Waals surface area contributed by atoms with Gasteiger partial charge in [0, 0.05) is 19.1 Å². The number of nitrogens with two attached hydrogens (primary N) is 1. The highest BCUT2D eigenvalue weighted by Crippen LogP contribution is 2.02. The van der Waals surface area contributed by atoms with E-state index in [9.17, 15) is 8.42 Å². The Bertz CT molecular complexity index is 263. The zero-order chi connectivity index (χ0) is 12.1. The molecule has 0 fully saturated rings. The van der Waals surface area contributed by atoms with E-state index >= 15 is 0 Å². The van der Waals surface area contributed by atoms with Gasteiger partial charge < -0.3 is 10.2 Å². The van der Waals surface area contributed by atoms with E-state index in [1.807, 2.05) is 14.1 Å². The van der Waals surface area contributed by atoms with E-state index in [1.165, 1.54) is 0 Å². The lowest BCUT2D eigenvalue weighted by molar-refractivity contribution is 0.293. The molecule has 1 unspecified atom stereocenters. The van der Waals surface area contributed by atoms with Crippen molar-refractivity contribution in [2.45, 2.75) is 19.9 Å². The highest BCUT2D eigenvalue weighted by atomic mass is 32.2. The molecule has 0 radical (unpaired) electrons. The highest BCUT2D eigenvalue weighted by Gasteiger charge is 2.14. The Morgan fingerprint density at radius 3 is 2.20 bits per heavy atom. The molecule has 92 valence electrons. The molecule has 0 heterocycles. The Morgan fingerprint density at radius 2 is 1.87 bits per heavy atom. The maximum absolute atomic E-state index is 10.7. The lowest BCUT2D eigenvalue weighted by Crippen LogP contribution is -2.44. The summed E-state index contributed by atoms with van der Waals surface area (Å²) < 4.78 is 21.5. The molecule has 0 rings (SSSR count). The Hall–Kier alpha value is -0.170. The predicted molar refractivity (Wildman–Crippen MR) is 63.2 cm³/mol. The molecule has 0 amide bonds. The number of likely N-dealkylation sites (N-methyl/N-ethyl adjacent to an activating group) is 1. The fourth-order valence-electron chi connectivity index (χ4n) is 1.29. The van der Waals surface area contributed by atoms with Crippen molar-refractivity contribution >= 4 is 10.0 Å². The van der Waals surface area contributed by atoms with E-state index in [0.29, 0.717) is 18.5 Å². The average Bonchev–Trinajstić information content (AvgIpc) is 1.99. The van der Waals surface area contributed by atoms with Gasteiger partial charge in [-0.1, -0.05) is 13.8 Å². The Morgan fingerprint density at radius 1 is 1.33 bits per heavy atom. The lowest BCUT2D eigenvalue weighted by Gasteiger charge is -2.25. The van der Waals surface area contributed by atoms with Crippen LogP contribution in [0.3, 0.4) is 0 Å². The highest BCUT2D eigenvalue weighted by molar-refractivity contribution is 7.89. The molecule has 0 aliphatic carbocycles. The molecule has 0 aromatic heterocycles. The summed E-state index contributed by atoms with van der Waals surface area (Å²) in [5.74, 6) is 0.455. The molecule has 0 aromatic carbocycles. The zero-order valence-corrected chi connectivity index (χ0v) is 10.8. The Kier molecular flexibility index (Phi) is 6.35. The standard InChI is InChI=1S/C9H23N3O2S/c1-8(2)9(7-12(3)4)11-5-6-15(10,13)14/h8-9,11H,5-7H2,1-4H3,(H2,10,13,14). The molecule has 15 heavy (non-hydrogen) atoms. The SMILES string of the molecule is CC(C)C(CN(C)C)NCCS(N)(=O)=O. The van der Waals surface area contributed by atoms with Gasteiger partial charge in [-0.3, -0.25) is 0 Å². The zero-order valence-electron chi connectivity index (χ0n) is 10.0. The van der Waals surface area contributed by atoms with E-state index in [2.05, 4.69) is 24.1 Å². The molecule has 0 bridgehead atoms. The minimum absolute atomic E-state index is 0.0103. The molecular formula is C9H23N3O2S. The van der Waals surface area contributed by atoms with Crippen molar-refractivity contribution in [1.29, 1.82) is 0 Å². The van der Waals surface area contributed by atoms with Crippen LogP contribution in [0.1, 0.15) is 13.8 Å². The van der Waals surface area contributed by atoms with Crippen LogP contribution < -0.4 is 10.5 Å². The van der Waals surface area contributed by atoms with Gasteiger partial charge in [-0.05, 0) is 20.0 Å². The molecule has 0 spiro atoms. The first-order valence-corrected chi connectivity index (χ1v) is 6.82. The number of nitrogens with one attached hydrogen (secondary N) is 1. The van der Waals surface area contributed by atoms with Crippen molar-refractivity contribution in [2.75, 3.05) is 32.9 Å². The van der Waals surface area contributed by atoms with Crippen molar-refractivity contribution in [3.8, 4) is 0 Å². The third kappa shape index (κ3) is 8.80. The molecule has 6 heteroatoms. The molecule has 3 N–H and O–H groups in total. The van der Waals surface area contributed by atoms with E-state index in [0.717, 1.165) is 6.54 Å². The van der Waals surface area contributed by atoms with Gasteiger partial charge >= 0.3 is 0 Å². The van der Waals surface area contributed by atoms with Crippen LogP contribution in [0, 0.1) is 5.92 Å². The number of hydrogen-bond acceptors (Lipinski definition) is 4. The second-order valence-corrected chi connectivity index (χ2v) is 6.17. The minimum Gasteiger partial charge on any atom is -0.311 e. The van der Waals surface area contributed by atoms with Crippen molar-refractivity contribution in [3.63, 3.8) is 0 Å². The summed E-state index contributed by atoms with van der Waals surface area (Å²) >= 11 is 0. The van der Waals surface area contributed by atoms with Gasteiger partial charge in [0.05, 0.1) is 5.75 Å².